The smallest absolute Gasteiger partial charge is 0.0998 e. The maximum Gasteiger partial charge on any atom is 0.0998 e. The standard InChI is InChI=1S/C13H17N3S/c1-9(2)10(7-14)13-16-12(8-17-13)11-5-3-4-6-15-11/h3-6,8-10H,7,14H2,1-2H3. The number of nitrogens with zero attached hydrogens (tertiary/aromatic N) is 2. The lowest BCUT2D eigenvalue weighted by atomic mass is 9.97. The summed E-state index contributed by atoms with van der Waals surface area (Å²) >= 11 is 1.67. The Morgan fingerprint density at radius 3 is 2.71 bits per heavy atom. The minimum absolute atomic E-state index is 0.345. The molecular formula is C13H17N3S. The van der Waals surface area contributed by atoms with Crippen molar-refractivity contribution in [2.45, 2.75) is 19.8 Å². The van der Waals surface area contributed by atoms with Crippen LogP contribution in [0, 0.1) is 5.92 Å². The molecule has 0 fully saturated rings. The molecule has 0 saturated heterocycles. The summed E-state index contributed by atoms with van der Waals surface area (Å²) in [5.41, 5.74) is 7.68. The van der Waals surface area contributed by atoms with Crippen molar-refractivity contribution in [1.82, 2.24) is 9.97 Å². The van der Waals surface area contributed by atoms with E-state index in [-0.39, 0.29) is 0 Å². The molecule has 0 aliphatic heterocycles. The maximum atomic E-state index is 5.80. The van der Waals surface area contributed by atoms with Crippen LogP contribution in [-0.2, 0) is 0 Å². The van der Waals surface area contributed by atoms with Crippen molar-refractivity contribution < 1.29 is 0 Å². The van der Waals surface area contributed by atoms with Gasteiger partial charge < -0.3 is 5.73 Å². The van der Waals surface area contributed by atoms with Crippen molar-refractivity contribution in [3.8, 4) is 11.4 Å². The third-order valence-electron chi connectivity index (χ3n) is 2.83. The Balaban J connectivity index is 2.27. The Morgan fingerprint density at radius 1 is 1.29 bits per heavy atom. The second-order valence-electron chi connectivity index (χ2n) is 4.37. The zero-order valence-corrected chi connectivity index (χ0v) is 10.9. The molecule has 0 aromatic carbocycles. The topological polar surface area (TPSA) is 51.8 Å². The number of thiazole rings is 1. The van der Waals surface area contributed by atoms with Crippen LogP contribution in [0.25, 0.3) is 11.4 Å². The molecule has 0 amide bonds. The largest absolute Gasteiger partial charge is 0.330 e. The fourth-order valence-electron chi connectivity index (χ4n) is 1.75. The Hall–Kier alpha value is -1.26. The van der Waals surface area contributed by atoms with E-state index in [4.69, 9.17) is 5.73 Å². The second kappa shape index (κ2) is 5.38. The first kappa shape index (κ1) is 12.2. The molecule has 1 unspecified atom stereocenters. The third kappa shape index (κ3) is 2.70. The van der Waals surface area contributed by atoms with Gasteiger partial charge in [0, 0.05) is 24.0 Å². The summed E-state index contributed by atoms with van der Waals surface area (Å²) in [7, 11) is 0. The molecule has 2 N–H and O–H groups in total. The first-order chi connectivity index (χ1) is 8.22. The molecule has 3 nitrogen and oxygen atoms in total. The van der Waals surface area contributed by atoms with Crippen LogP contribution < -0.4 is 5.73 Å². The molecule has 2 aromatic rings. The fourth-order valence-corrected chi connectivity index (χ4v) is 2.85. The van der Waals surface area contributed by atoms with Gasteiger partial charge in [0.25, 0.3) is 0 Å². The van der Waals surface area contributed by atoms with Crippen LogP contribution in [0.4, 0.5) is 0 Å². The van der Waals surface area contributed by atoms with E-state index in [0.29, 0.717) is 18.4 Å². The van der Waals surface area contributed by atoms with E-state index in [1.807, 2.05) is 18.2 Å². The van der Waals surface area contributed by atoms with Gasteiger partial charge in [0.15, 0.2) is 0 Å². The molecule has 2 heterocycles. The predicted molar refractivity (Wildman–Crippen MR) is 72.0 cm³/mol. The number of aromatic nitrogens is 2. The van der Waals surface area contributed by atoms with E-state index in [1.165, 1.54) is 0 Å². The number of nitrogens with two attached hydrogens (primary N) is 1. The number of hydrogen-bond donors (Lipinski definition) is 1. The van der Waals surface area contributed by atoms with E-state index in [0.717, 1.165) is 16.4 Å². The molecule has 0 aliphatic rings. The maximum absolute atomic E-state index is 5.80. The van der Waals surface area contributed by atoms with E-state index >= 15 is 0 Å². The van der Waals surface area contributed by atoms with Crippen LogP contribution >= 0.6 is 11.3 Å². The van der Waals surface area contributed by atoms with Gasteiger partial charge in [0.2, 0.25) is 0 Å². The Bertz CT molecular complexity index is 465. The number of hydrogen-bond acceptors (Lipinski definition) is 4. The average molecular weight is 247 g/mol. The predicted octanol–water partition coefficient (Wildman–Crippen LogP) is 2.90. The normalized spacial score (nSPS) is 12.9. The van der Waals surface area contributed by atoms with Crippen LogP contribution in [-0.4, -0.2) is 16.5 Å². The van der Waals surface area contributed by atoms with Gasteiger partial charge in [0.1, 0.15) is 0 Å². The highest BCUT2D eigenvalue weighted by Crippen LogP contribution is 2.29. The van der Waals surface area contributed by atoms with Gasteiger partial charge in [-0.05, 0) is 18.1 Å². The fraction of sp³-hybridized carbons (Fsp3) is 0.385. The van der Waals surface area contributed by atoms with E-state index < -0.39 is 0 Å². The monoisotopic (exact) mass is 247 g/mol. The van der Waals surface area contributed by atoms with Crippen molar-refractivity contribution in [2.24, 2.45) is 11.7 Å². The summed E-state index contributed by atoms with van der Waals surface area (Å²) in [6.45, 7) is 5.01. The molecule has 0 aliphatic carbocycles. The highest BCUT2D eigenvalue weighted by molar-refractivity contribution is 7.10. The van der Waals surface area contributed by atoms with Crippen molar-refractivity contribution in [3.05, 3.63) is 34.8 Å². The summed E-state index contributed by atoms with van der Waals surface area (Å²) in [5, 5.41) is 3.17. The zero-order chi connectivity index (χ0) is 12.3. The molecular weight excluding hydrogens is 230 g/mol. The van der Waals surface area contributed by atoms with Crippen molar-refractivity contribution in [2.75, 3.05) is 6.54 Å². The third-order valence-corrected chi connectivity index (χ3v) is 3.80. The summed E-state index contributed by atoms with van der Waals surface area (Å²) in [5.74, 6) is 0.861. The van der Waals surface area contributed by atoms with E-state index in [2.05, 4.69) is 29.2 Å². The highest BCUT2D eigenvalue weighted by Gasteiger charge is 2.18. The van der Waals surface area contributed by atoms with Crippen molar-refractivity contribution >= 4 is 11.3 Å². The summed E-state index contributed by atoms with van der Waals surface area (Å²) in [6, 6.07) is 5.86. The summed E-state index contributed by atoms with van der Waals surface area (Å²) < 4.78 is 0. The lowest BCUT2D eigenvalue weighted by molar-refractivity contribution is 0.504. The number of pyridine rings is 1. The van der Waals surface area contributed by atoms with Crippen LogP contribution in [0.5, 0.6) is 0 Å². The first-order valence-electron chi connectivity index (χ1n) is 5.79. The Labute approximate surface area is 106 Å². The van der Waals surface area contributed by atoms with Gasteiger partial charge in [0.05, 0.1) is 16.4 Å². The van der Waals surface area contributed by atoms with Gasteiger partial charge in [-0.25, -0.2) is 4.98 Å². The van der Waals surface area contributed by atoms with Crippen molar-refractivity contribution in [1.29, 1.82) is 0 Å². The van der Waals surface area contributed by atoms with Gasteiger partial charge >= 0.3 is 0 Å². The van der Waals surface area contributed by atoms with E-state index in [1.54, 1.807) is 17.5 Å². The van der Waals surface area contributed by atoms with Gasteiger partial charge in [-0.15, -0.1) is 11.3 Å². The van der Waals surface area contributed by atoms with Crippen LogP contribution in [0.1, 0.15) is 24.8 Å². The van der Waals surface area contributed by atoms with E-state index in [9.17, 15) is 0 Å². The van der Waals surface area contributed by atoms with Crippen LogP contribution in [0.15, 0.2) is 29.8 Å². The molecule has 0 saturated carbocycles. The summed E-state index contributed by atoms with van der Waals surface area (Å²) in [4.78, 5) is 8.95. The Morgan fingerprint density at radius 2 is 2.12 bits per heavy atom. The van der Waals surface area contributed by atoms with Crippen molar-refractivity contribution in [3.63, 3.8) is 0 Å². The lowest BCUT2D eigenvalue weighted by Crippen LogP contribution is -2.17. The Kier molecular flexibility index (Phi) is 3.86. The average Bonchev–Trinajstić information content (AvgIpc) is 2.80. The molecule has 1 atom stereocenters. The molecule has 4 heteroatoms. The van der Waals surface area contributed by atoms with Crippen LogP contribution in [0.3, 0.4) is 0 Å². The zero-order valence-electron chi connectivity index (χ0n) is 10.1. The van der Waals surface area contributed by atoms with Gasteiger partial charge in [-0.3, -0.25) is 4.98 Å². The second-order valence-corrected chi connectivity index (χ2v) is 5.26. The minimum atomic E-state index is 0.345. The molecule has 2 rings (SSSR count). The molecule has 2 aromatic heterocycles. The highest BCUT2D eigenvalue weighted by atomic mass is 32.1. The van der Waals surface area contributed by atoms with Crippen LogP contribution in [0.2, 0.25) is 0 Å². The SMILES string of the molecule is CC(C)C(CN)c1nc(-c2ccccn2)cs1. The molecule has 0 bridgehead atoms. The lowest BCUT2D eigenvalue weighted by Gasteiger charge is -2.15. The number of rotatable bonds is 4. The summed E-state index contributed by atoms with van der Waals surface area (Å²) in [6.07, 6.45) is 1.79. The molecule has 90 valence electrons. The molecule has 17 heavy (non-hydrogen) atoms. The minimum Gasteiger partial charge on any atom is -0.330 e. The molecule has 0 radical (unpaired) electrons. The van der Waals surface area contributed by atoms with Gasteiger partial charge in [-0.1, -0.05) is 19.9 Å². The molecule has 0 spiro atoms. The van der Waals surface area contributed by atoms with Gasteiger partial charge in [-0.2, -0.15) is 0 Å². The quantitative estimate of drug-likeness (QED) is 0.903. The first-order valence-corrected chi connectivity index (χ1v) is 6.67.